The van der Waals surface area contributed by atoms with Crippen LogP contribution >= 0.6 is 0 Å². The van der Waals surface area contributed by atoms with E-state index in [-0.39, 0.29) is 18.6 Å². The molecule has 0 saturated carbocycles. The largest absolute Gasteiger partial charge is 0.392 e. The molecule has 0 unspecified atom stereocenters. The molecule has 1 aromatic rings. The molecular formula is C11H9FO2. The third kappa shape index (κ3) is 2.68. The van der Waals surface area contributed by atoms with Crippen LogP contribution in [0.2, 0.25) is 0 Å². The zero-order valence-electron chi connectivity index (χ0n) is 7.46. The number of hydrogen-bond acceptors (Lipinski definition) is 2. The maximum Gasteiger partial charge on any atom is 0.131 e. The van der Waals surface area contributed by atoms with Gasteiger partial charge in [0, 0.05) is 11.1 Å². The highest BCUT2D eigenvalue weighted by atomic mass is 19.1. The monoisotopic (exact) mass is 192 g/mol. The summed E-state index contributed by atoms with van der Waals surface area (Å²) in [5, 5.41) is 8.77. The van der Waals surface area contributed by atoms with E-state index in [4.69, 9.17) is 5.11 Å². The van der Waals surface area contributed by atoms with Gasteiger partial charge in [0.1, 0.15) is 12.1 Å². The van der Waals surface area contributed by atoms with Gasteiger partial charge in [-0.3, -0.25) is 0 Å². The van der Waals surface area contributed by atoms with Gasteiger partial charge in [0.15, 0.2) is 0 Å². The molecule has 1 aromatic carbocycles. The number of aliphatic hydroxyl groups is 1. The predicted molar refractivity (Wildman–Crippen MR) is 49.9 cm³/mol. The van der Waals surface area contributed by atoms with Gasteiger partial charge in [-0.2, -0.15) is 0 Å². The highest BCUT2D eigenvalue weighted by Crippen LogP contribution is 2.09. The fourth-order valence-corrected chi connectivity index (χ4v) is 0.968. The molecule has 0 aromatic heterocycles. The zero-order chi connectivity index (χ0) is 10.4. The molecule has 72 valence electrons. The van der Waals surface area contributed by atoms with Crippen molar-refractivity contribution < 1.29 is 14.3 Å². The molecule has 0 heterocycles. The van der Waals surface area contributed by atoms with Crippen LogP contribution in [0.5, 0.6) is 0 Å². The molecular weight excluding hydrogens is 183 g/mol. The van der Waals surface area contributed by atoms with E-state index < -0.39 is 5.82 Å². The number of rotatable bonds is 2. The first kappa shape index (κ1) is 10.4. The summed E-state index contributed by atoms with van der Waals surface area (Å²) in [7, 11) is 0. The van der Waals surface area contributed by atoms with Crippen molar-refractivity contribution in [3.8, 4) is 11.8 Å². The Morgan fingerprint density at radius 1 is 1.50 bits per heavy atom. The molecule has 1 rings (SSSR count). The Morgan fingerprint density at radius 2 is 2.29 bits per heavy atom. The first-order valence-corrected chi connectivity index (χ1v) is 4.09. The molecule has 0 saturated heterocycles. The van der Waals surface area contributed by atoms with Crippen LogP contribution in [0.1, 0.15) is 17.5 Å². The van der Waals surface area contributed by atoms with Crippen molar-refractivity contribution in [2.45, 2.75) is 13.0 Å². The van der Waals surface area contributed by atoms with Gasteiger partial charge < -0.3 is 9.90 Å². The third-order valence-corrected chi connectivity index (χ3v) is 1.63. The molecule has 0 aliphatic rings. The van der Waals surface area contributed by atoms with Gasteiger partial charge >= 0.3 is 0 Å². The molecule has 2 nitrogen and oxygen atoms in total. The molecule has 1 N–H and O–H groups in total. The van der Waals surface area contributed by atoms with E-state index >= 15 is 0 Å². The minimum Gasteiger partial charge on any atom is -0.392 e. The average molecular weight is 192 g/mol. The van der Waals surface area contributed by atoms with Crippen LogP contribution in [0.3, 0.4) is 0 Å². The summed E-state index contributed by atoms with van der Waals surface area (Å²) in [4.78, 5) is 9.97. The van der Waals surface area contributed by atoms with E-state index in [0.717, 1.165) is 0 Å². The molecule has 0 atom stereocenters. The number of carbonyl (C=O) groups excluding carboxylic acids is 1. The second kappa shape index (κ2) is 5.15. The Balaban J connectivity index is 2.91. The van der Waals surface area contributed by atoms with Gasteiger partial charge in [-0.05, 0) is 18.2 Å². The Morgan fingerprint density at radius 3 is 2.93 bits per heavy atom. The fourth-order valence-electron chi connectivity index (χ4n) is 0.968. The van der Waals surface area contributed by atoms with E-state index in [0.29, 0.717) is 11.8 Å². The van der Waals surface area contributed by atoms with E-state index in [1.165, 1.54) is 18.2 Å². The van der Waals surface area contributed by atoms with E-state index in [1.807, 2.05) is 0 Å². The van der Waals surface area contributed by atoms with E-state index in [2.05, 4.69) is 11.8 Å². The summed E-state index contributed by atoms with van der Waals surface area (Å²) in [5.74, 6) is 4.84. The molecule has 0 bridgehead atoms. The van der Waals surface area contributed by atoms with Gasteiger partial charge in [-0.1, -0.05) is 11.8 Å². The van der Waals surface area contributed by atoms with Crippen molar-refractivity contribution in [3.05, 3.63) is 35.1 Å². The van der Waals surface area contributed by atoms with Crippen molar-refractivity contribution in [1.82, 2.24) is 0 Å². The van der Waals surface area contributed by atoms with Gasteiger partial charge in [-0.25, -0.2) is 4.39 Å². The summed E-state index contributed by atoms with van der Waals surface area (Å²) in [6.07, 6.45) is 0.856. The van der Waals surface area contributed by atoms with Crippen molar-refractivity contribution in [3.63, 3.8) is 0 Å². The SMILES string of the molecule is O=CCC#Cc1ccc(F)c(CO)c1. The smallest absolute Gasteiger partial charge is 0.131 e. The molecule has 14 heavy (non-hydrogen) atoms. The van der Waals surface area contributed by atoms with E-state index in [1.54, 1.807) is 0 Å². The Kier molecular flexibility index (Phi) is 3.84. The maximum atomic E-state index is 12.9. The molecule has 0 amide bonds. The van der Waals surface area contributed by atoms with Crippen LogP contribution in [0.25, 0.3) is 0 Å². The summed E-state index contributed by atoms with van der Waals surface area (Å²) in [5.41, 5.74) is 0.806. The lowest BCUT2D eigenvalue weighted by molar-refractivity contribution is -0.107. The predicted octanol–water partition coefficient (Wildman–Crippen LogP) is 1.26. The summed E-state index contributed by atoms with van der Waals surface area (Å²) in [6, 6.07) is 4.22. The van der Waals surface area contributed by atoms with E-state index in [9.17, 15) is 9.18 Å². The summed E-state index contributed by atoms with van der Waals surface area (Å²) in [6.45, 7) is -0.352. The molecule has 0 fully saturated rings. The van der Waals surface area contributed by atoms with Crippen molar-refractivity contribution in [2.24, 2.45) is 0 Å². The number of aldehydes is 1. The minimum atomic E-state index is -0.451. The van der Waals surface area contributed by atoms with Crippen molar-refractivity contribution in [1.29, 1.82) is 0 Å². The van der Waals surface area contributed by atoms with Gasteiger partial charge in [0.2, 0.25) is 0 Å². The summed E-state index contributed by atoms with van der Waals surface area (Å²) < 4.78 is 12.9. The number of halogens is 1. The van der Waals surface area contributed by atoms with Crippen LogP contribution < -0.4 is 0 Å². The topological polar surface area (TPSA) is 37.3 Å². The second-order valence-corrected chi connectivity index (χ2v) is 2.64. The average Bonchev–Trinajstić information content (AvgIpc) is 2.21. The number of aliphatic hydroxyl groups excluding tert-OH is 1. The quantitative estimate of drug-likeness (QED) is 0.565. The second-order valence-electron chi connectivity index (χ2n) is 2.64. The number of benzene rings is 1. The standard InChI is InChI=1S/C11H9FO2/c12-11-5-4-9(3-1-2-6-13)7-10(11)8-14/h4-7,14H,2,8H2. The van der Waals surface area contributed by atoms with Gasteiger partial charge in [-0.15, -0.1) is 0 Å². The Hall–Kier alpha value is -1.66. The fraction of sp³-hybridized carbons (Fsp3) is 0.182. The molecule has 3 heteroatoms. The third-order valence-electron chi connectivity index (χ3n) is 1.63. The van der Waals surface area contributed by atoms with Crippen LogP contribution in [-0.4, -0.2) is 11.4 Å². The van der Waals surface area contributed by atoms with Gasteiger partial charge in [0.05, 0.1) is 13.0 Å². The Labute approximate surface area is 81.4 Å². The highest BCUT2D eigenvalue weighted by Gasteiger charge is 2.00. The summed E-state index contributed by atoms with van der Waals surface area (Å²) >= 11 is 0. The highest BCUT2D eigenvalue weighted by molar-refractivity contribution is 5.55. The molecule has 0 aliphatic heterocycles. The molecule has 0 radical (unpaired) electrons. The Bertz CT molecular complexity index is 388. The molecule has 0 aliphatic carbocycles. The zero-order valence-corrected chi connectivity index (χ0v) is 7.46. The van der Waals surface area contributed by atoms with Crippen LogP contribution in [-0.2, 0) is 11.4 Å². The lowest BCUT2D eigenvalue weighted by atomic mass is 10.1. The lowest BCUT2D eigenvalue weighted by Gasteiger charge is -1.98. The maximum absolute atomic E-state index is 12.9. The van der Waals surface area contributed by atoms with Gasteiger partial charge in [0.25, 0.3) is 0 Å². The van der Waals surface area contributed by atoms with Crippen LogP contribution in [0, 0.1) is 17.7 Å². The first-order valence-electron chi connectivity index (χ1n) is 4.09. The first-order chi connectivity index (χ1) is 6.77. The van der Waals surface area contributed by atoms with Crippen molar-refractivity contribution >= 4 is 6.29 Å². The van der Waals surface area contributed by atoms with Crippen LogP contribution in [0.15, 0.2) is 18.2 Å². The number of hydrogen-bond donors (Lipinski definition) is 1. The van der Waals surface area contributed by atoms with Crippen molar-refractivity contribution in [2.75, 3.05) is 0 Å². The molecule has 0 spiro atoms. The normalized spacial score (nSPS) is 9.00. The lowest BCUT2D eigenvalue weighted by Crippen LogP contribution is -1.90. The number of carbonyl (C=O) groups is 1. The minimum absolute atomic E-state index is 0.159. The van der Waals surface area contributed by atoms with Crippen LogP contribution in [0.4, 0.5) is 4.39 Å².